The summed E-state index contributed by atoms with van der Waals surface area (Å²) in [5.74, 6) is -0.230. The Labute approximate surface area is 111 Å². The number of rotatable bonds is 8. The van der Waals surface area contributed by atoms with Crippen molar-refractivity contribution >= 4 is 22.4 Å². The van der Waals surface area contributed by atoms with Gasteiger partial charge in [-0.1, -0.05) is 0 Å². The summed E-state index contributed by atoms with van der Waals surface area (Å²) in [5.41, 5.74) is 5.58. The van der Waals surface area contributed by atoms with Crippen LogP contribution in [0.25, 0.3) is 0 Å². The SMILES string of the molecule is CCOC(=O)CN(CCOC)Cc1cnc(N)s1. The van der Waals surface area contributed by atoms with Gasteiger partial charge in [-0.25, -0.2) is 4.98 Å². The van der Waals surface area contributed by atoms with E-state index in [0.717, 1.165) is 4.88 Å². The van der Waals surface area contributed by atoms with E-state index < -0.39 is 0 Å². The summed E-state index contributed by atoms with van der Waals surface area (Å²) in [6, 6.07) is 0. The van der Waals surface area contributed by atoms with Gasteiger partial charge in [0.15, 0.2) is 5.13 Å². The number of aromatic nitrogens is 1. The summed E-state index contributed by atoms with van der Waals surface area (Å²) >= 11 is 1.42. The molecule has 0 aliphatic rings. The number of carbonyl (C=O) groups excluding carboxylic acids is 1. The van der Waals surface area contributed by atoms with E-state index in [9.17, 15) is 4.79 Å². The zero-order chi connectivity index (χ0) is 13.4. The number of methoxy groups -OCH3 is 1. The van der Waals surface area contributed by atoms with Crippen molar-refractivity contribution in [3.63, 3.8) is 0 Å². The number of nitrogens with zero attached hydrogens (tertiary/aromatic N) is 2. The van der Waals surface area contributed by atoms with Crippen LogP contribution in [0.4, 0.5) is 5.13 Å². The molecule has 7 heteroatoms. The van der Waals surface area contributed by atoms with Crippen LogP contribution in [0, 0.1) is 0 Å². The molecule has 0 aliphatic carbocycles. The van der Waals surface area contributed by atoms with Gasteiger partial charge in [0, 0.05) is 31.3 Å². The predicted molar refractivity (Wildman–Crippen MR) is 70.3 cm³/mol. The van der Waals surface area contributed by atoms with Gasteiger partial charge in [-0.2, -0.15) is 0 Å². The van der Waals surface area contributed by atoms with Crippen molar-refractivity contribution in [2.75, 3.05) is 39.1 Å². The van der Waals surface area contributed by atoms with E-state index in [1.165, 1.54) is 11.3 Å². The summed E-state index contributed by atoms with van der Waals surface area (Å²) < 4.78 is 9.96. The topological polar surface area (TPSA) is 77.7 Å². The van der Waals surface area contributed by atoms with Crippen LogP contribution in [0.3, 0.4) is 0 Å². The Morgan fingerprint density at radius 1 is 1.61 bits per heavy atom. The Bertz CT molecular complexity index is 370. The van der Waals surface area contributed by atoms with Gasteiger partial charge in [-0.3, -0.25) is 9.69 Å². The lowest BCUT2D eigenvalue weighted by Crippen LogP contribution is -2.33. The van der Waals surface area contributed by atoms with Gasteiger partial charge in [0.05, 0.1) is 19.8 Å². The number of carbonyl (C=O) groups is 1. The normalized spacial score (nSPS) is 10.8. The molecule has 0 saturated carbocycles. The molecule has 1 rings (SSSR count). The van der Waals surface area contributed by atoms with E-state index in [-0.39, 0.29) is 12.5 Å². The summed E-state index contributed by atoms with van der Waals surface area (Å²) in [5, 5.41) is 0.535. The summed E-state index contributed by atoms with van der Waals surface area (Å²) in [6.07, 6.45) is 1.73. The molecule has 0 spiro atoms. The standard InChI is InChI=1S/C11H19N3O3S/c1-3-17-10(15)8-14(4-5-16-2)7-9-6-13-11(12)18-9/h6H,3-5,7-8H2,1-2H3,(H2,12,13). The third-order valence-electron chi connectivity index (χ3n) is 2.22. The number of ether oxygens (including phenoxy) is 2. The molecular formula is C11H19N3O3S. The average Bonchev–Trinajstić information content (AvgIpc) is 2.72. The average molecular weight is 273 g/mol. The van der Waals surface area contributed by atoms with Gasteiger partial charge in [0.2, 0.25) is 0 Å². The maximum absolute atomic E-state index is 11.5. The van der Waals surface area contributed by atoms with Crippen LogP contribution < -0.4 is 5.73 Å². The van der Waals surface area contributed by atoms with Crippen molar-refractivity contribution in [2.45, 2.75) is 13.5 Å². The summed E-state index contributed by atoms with van der Waals surface area (Å²) in [4.78, 5) is 18.4. The number of nitrogen functional groups attached to an aromatic ring is 1. The first-order valence-electron chi connectivity index (χ1n) is 5.72. The highest BCUT2D eigenvalue weighted by Gasteiger charge is 2.13. The van der Waals surface area contributed by atoms with Crippen LogP contribution in [0.1, 0.15) is 11.8 Å². The minimum atomic E-state index is -0.230. The lowest BCUT2D eigenvalue weighted by atomic mass is 10.4. The van der Waals surface area contributed by atoms with Gasteiger partial charge >= 0.3 is 5.97 Å². The minimum absolute atomic E-state index is 0.230. The van der Waals surface area contributed by atoms with Crippen molar-refractivity contribution in [1.29, 1.82) is 0 Å². The van der Waals surface area contributed by atoms with Crippen LogP contribution in [0.2, 0.25) is 0 Å². The van der Waals surface area contributed by atoms with Crippen LogP contribution >= 0.6 is 11.3 Å². The zero-order valence-corrected chi connectivity index (χ0v) is 11.5. The molecule has 102 valence electrons. The Balaban J connectivity index is 2.51. The highest BCUT2D eigenvalue weighted by molar-refractivity contribution is 7.15. The lowest BCUT2D eigenvalue weighted by Gasteiger charge is -2.19. The predicted octanol–water partition coefficient (Wildman–Crippen LogP) is 0.737. The molecule has 6 nitrogen and oxygen atoms in total. The van der Waals surface area contributed by atoms with Crippen LogP contribution in [-0.2, 0) is 20.8 Å². The van der Waals surface area contributed by atoms with Gasteiger partial charge in [-0.15, -0.1) is 11.3 Å². The third-order valence-corrected chi connectivity index (χ3v) is 3.03. The number of anilines is 1. The molecule has 1 aromatic rings. The molecule has 1 heterocycles. The molecule has 2 N–H and O–H groups in total. The number of nitrogens with two attached hydrogens (primary N) is 1. The van der Waals surface area contributed by atoms with Crippen LogP contribution in [0.5, 0.6) is 0 Å². The maximum Gasteiger partial charge on any atom is 0.320 e. The van der Waals surface area contributed by atoms with Crippen molar-refractivity contribution in [3.05, 3.63) is 11.1 Å². The lowest BCUT2D eigenvalue weighted by molar-refractivity contribution is -0.144. The van der Waals surface area contributed by atoms with Crippen molar-refractivity contribution in [3.8, 4) is 0 Å². The Morgan fingerprint density at radius 3 is 2.94 bits per heavy atom. The molecule has 0 aromatic carbocycles. The number of thiazole rings is 1. The third kappa shape index (κ3) is 5.44. The van der Waals surface area contributed by atoms with E-state index in [2.05, 4.69) is 4.98 Å². The molecule has 0 bridgehead atoms. The van der Waals surface area contributed by atoms with Gasteiger partial charge < -0.3 is 15.2 Å². The highest BCUT2D eigenvalue weighted by atomic mass is 32.1. The number of hydrogen-bond donors (Lipinski definition) is 1. The molecule has 0 atom stereocenters. The fraction of sp³-hybridized carbons (Fsp3) is 0.636. The van der Waals surface area contributed by atoms with E-state index in [1.807, 2.05) is 4.90 Å². The summed E-state index contributed by atoms with van der Waals surface area (Å²) in [7, 11) is 1.63. The van der Waals surface area contributed by atoms with Gasteiger partial charge in [-0.05, 0) is 6.92 Å². The minimum Gasteiger partial charge on any atom is -0.465 e. The molecule has 0 amide bonds. The quantitative estimate of drug-likeness (QED) is 0.704. The monoisotopic (exact) mass is 273 g/mol. The van der Waals surface area contributed by atoms with E-state index in [4.69, 9.17) is 15.2 Å². The molecular weight excluding hydrogens is 254 g/mol. The molecule has 1 aromatic heterocycles. The Kier molecular flexibility index (Phi) is 6.63. The van der Waals surface area contributed by atoms with Crippen LogP contribution in [0.15, 0.2) is 6.20 Å². The smallest absolute Gasteiger partial charge is 0.320 e. The van der Waals surface area contributed by atoms with E-state index >= 15 is 0 Å². The second-order valence-corrected chi connectivity index (χ2v) is 4.82. The van der Waals surface area contributed by atoms with Crippen LogP contribution in [-0.4, -0.2) is 49.3 Å². The zero-order valence-electron chi connectivity index (χ0n) is 10.7. The molecule has 18 heavy (non-hydrogen) atoms. The van der Waals surface area contributed by atoms with Gasteiger partial charge in [0.1, 0.15) is 0 Å². The first-order valence-corrected chi connectivity index (χ1v) is 6.54. The van der Waals surface area contributed by atoms with Crippen molar-refractivity contribution < 1.29 is 14.3 Å². The fourth-order valence-electron chi connectivity index (χ4n) is 1.44. The first-order chi connectivity index (χ1) is 8.65. The highest BCUT2D eigenvalue weighted by Crippen LogP contribution is 2.16. The molecule has 0 radical (unpaired) electrons. The maximum atomic E-state index is 11.5. The van der Waals surface area contributed by atoms with Crippen molar-refractivity contribution in [2.24, 2.45) is 0 Å². The molecule has 0 saturated heterocycles. The second-order valence-electron chi connectivity index (χ2n) is 3.67. The molecule has 0 unspecified atom stereocenters. The van der Waals surface area contributed by atoms with E-state index in [0.29, 0.717) is 31.4 Å². The largest absolute Gasteiger partial charge is 0.465 e. The van der Waals surface area contributed by atoms with E-state index in [1.54, 1.807) is 20.2 Å². The first kappa shape index (κ1) is 14.9. The second kappa shape index (κ2) is 8.02. The van der Waals surface area contributed by atoms with Crippen molar-refractivity contribution in [1.82, 2.24) is 9.88 Å². The molecule has 0 aliphatic heterocycles. The fourth-order valence-corrected chi connectivity index (χ4v) is 2.17. The number of hydrogen-bond acceptors (Lipinski definition) is 7. The summed E-state index contributed by atoms with van der Waals surface area (Å²) in [6.45, 7) is 4.28. The Hall–Kier alpha value is -1.18. The molecule has 0 fully saturated rings. The van der Waals surface area contributed by atoms with Gasteiger partial charge in [0.25, 0.3) is 0 Å². The number of esters is 1. The Morgan fingerprint density at radius 2 is 2.39 bits per heavy atom.